The van der Waals surface area contributed by atoms with Crippen molar-refractivity contribution in [1.82, 2.24) is 4.31 Å². The predicted octanol–water partition coefficient (Wildman–Crippen LogP) is 2.64. The summed E-state index contributed by atoms with van der Waals surface area (Å²) in [4.78, 5) is 12.2. The Labute approximate surface area is 144 Å². The maximum Gasteiger partial charge on any atom is 0.253 e. The van der Waals surface area contributed by atoms with Crippen LogP contribution in [0.1, 0.15) is 27.2 Å². The Morgan fingerprint density at radius 1 is 1.29 bits per heavy atom. The van der Waals surface area contributed by atoms with Gasteiger partial charge in [-0.3, -0.25) is 4.79 Å². The van der Waals surface area contributed by atoms with Crippen LogP contribution in [0.3, 0.4) is 0 Å². The molecule has 1 aromatic carbocycles. The highest BCUT2D eigenvalue weighted by atomic mass is 32.2. The molecule has 0 saturated heterocycles. The standard InChI is InChI=1S/C17H26N2O4S/c1-6-7-12-23-14(4)17(20)18-15-8-10-16(11-9-15)24(21,22)19(5)13(2)3/h6,8-11,13-14H,1,7,12H2,2-5H3,(H,18,20). The molecule has 0 saturated carbocycles. The maximum absolute atomic E-state index is 12.4. The first-order valence-electron chi connectivity index (χ1n) is 7.81. The Bertz CT molecular complexity index is 654. The number of hydrogen-bond acceptors (Lipinski definition) is 4. The van der Waals surface area contributed by atoms with E-state index in [1.165, 1.54) is 23.5 Å². The Morgan fingerprint density at radius 3 is 2.38 bits per heavy atom. The molecule has 0 aliphatic rings. The summed E-state index contributed by atoms with van der Waals surface area (Å²) in [5, 5.41) is 2.70. The van der Waals surface area contributed by atoms with Gasteiger partial charge in [-0.15, -0.1) is 6.58 Å². The minimum absolute atomic E-state index is 0.136. The highest BCUT2D eigenvalue weighted by Crippen LogP contribution is 2.19. The number of carbonyl (C=O) groups is 1. The molecule has 0 bridgehead atoms. The quantitative estimate of drug-likeness (QED) is 0.546. The molecule has 6 nitrogen and oxygen atoms in total. The SMILES string of the molecule is C=CCCOC(C)C(=O)Nc1ccc(S(=O)(=O)N(C)C(C)C)cc1. The van der Waals surface area contributed by atoms with E-state index in [4.69, 9.17) is 4.74 Å². The van der Waals surface area contributed by atoms with Crippen LogP contribution in [0.15, 0.2) is 41.8 Å². The Morgan fingerprint density at radius 2 is 1.88 bits per heavy atom. The number of hydrogen-bond donors (Lipinski definition) is 1. The van der Waals surface area contributed by atoms with Gasteiger partial charge in [0.25, 0.3) is 5.91 Å². The fraction of sp³-hybridized carbons (Fsp3) is 0.471. The number of nitrogens with one attached hydrogen (secondary N) is 1. The lowest BCUT2D eigenvalue weighted by atomic mass is 10.3. The van der Waals surface area contributed by atoms with Crippen molar-refractivity contribution < 1.29 is 17.9 Å². The first-order chi connectivity index (χ1) is 11.2. The molecule has 134 valence electrons. The molecule has 24 heavy (non-hydrogen) atoms. The van der Waals surface area contributed by atoms with Crippen LogP contribution in [-0.2, 0) is 19.6 Å². The van der Waals surface area contributed by atoms with Crippen molar-refractivity contribution in [3.8, 4) is 0 Å². The van der Waals surface area contributed by atoms with Crippen molar-refractivity contribution in [3.63, 3.8) is 0 Å². The Hall–Kier alpha value is -1.70. The van der Waals surface area contributed by atoms with E-state index in [-0.39, 0.29) is 16.8 Å². The second kappa shape index (κ2) is 8.96. The van der Waals surface area contributed by atoms with Gasteiger partial charge in [0.2, 0.25) is 10.0 Å². The van der Waals surface area contributed by atoms with Gasteiger partial charge < -0.3 is 10.1 Å². The fourth-order valence-corrected chi connectivity index (χ4v) is 3.17. The smallest absolute Gasteiger partial charge is 0.253 e. The number of sulfonamides is 1. The molecule has 1 aromatic rings. The molecule has 0 aromatic heterocycles. The molecule has 0 aliphatic carbocycles. The molecular weight excluding hydrogens is 328 g/mol. The summed E-state index contributed by atoms with van der Waals surface area (Å²) in [6.07, 6.45) is 1.80. The second-order valence-corrected chi connectivity index (χ2v) is 7.72. The molecule has 1 atom stereocenters. The van der Waals surface area contributed by atoms with E-state index in [1.54, 1.807) is 39.0 Å². The fourth-order valence-electron chi connectivity index (χ4n) is 1.80. The summed E-state index contributed by atoms with van der Waals surface area (Å²) in [7, 11) is -1.99. The second-order valence-electron chi connectivity index (χ2n) is 5.72. The third kappa shape index (κ3) is 5.43. The summed E-state index contributed by atoms with van der Waals surface area (Å²) in [6.45, 7) is 9.29. The highest BCUT2D eigenvalue weighted by molar-refractivity contribution is 7.89. The molecular formula is C17H26N2O4S. The zero-order chi connectivity index (χ0) is 18.3. The topological polar surface area (TPSA) is 75.7 Å². The van der Waals surface area contributed by atoms with E-state index in [0.717, 1.165) is 0 Å². The van der Waals surface area contributed by atoms with Crippen LogP contribution in [0.4, 0.5) is 5.69 Å². The minimum Gasteiger partial charge on any atom is -0.368 e. The van der Waals surface area contributed by atoms with Crippen LogP contribution >= 0.6 is 0 Å². The maximum atomic E-state index is 12.4. The molecule has 1 N–H and O–H groups in total. The number of amides is 1. The van der Waals surface area contributed by atoms with Gasteiger partial charge in [-0.2, -0.15) is 4.31 Å². The lowest BCUT2D eigenvalue weighted by Crippen LogP contribution is -2.33. The van der Waals surface area contributed by atoms with E-state index in [0.29, 0.717) is 18.7 Å². The lowest BCUT2D eigenvalue weighted by Gasteiger charge is -2.21. The van der Waals surface area contributed by atoms with Crippen molar-refractivity contribution in [2.45, 2.75) is 44.2 Å². The van der Waals surface area contributed by atoms with Crippen molar-refractivity contribution in [3.05, 3.63) is 36.9 Å². The Balaban J connectivity index is 2.74. The summed E-state index contributed by atoms with van der Waals surface area (Å²) >= 11 is 0. The average molecular weight is 354 g/mol. The number of rotatable bonds is 9. The van der Waals surface area contributed by atoms with E-state index in [2.05, 4.69) is 11.9 Å². The molecule has 0 radical (unpaired) electrons. The molecule has 7 heteroatoms. The number of anilines is 1. The summed E-state index contributed by atoms with van der Waals surface area (Å²) in [6, 6.07) is 5.95. The van der Waals surface area contributed by atoms with E-state index < -0.39 is 16.1 Å². The van der Waals surface area contributed by atoms with E-state index in [9.17, 15) is 13.2 Å². The molecule has 1 amide bonds. The summed E-state index contributed by atoms with van der Waals surface area (Å²) < 4.78 is 31.4. The summed E-state index contributed by atoms with van der Waals surface area (Å²) in [5.74, 6) is -0.283. The van der Waals surface area contributed by atoms with Gasteiger partial charge in [0.15, 0.2) is 0 Å². The van der Waals surface area contributed by atoms with Crippen molar-refractivity contribution in [1.29, 1.82) is 0 Å². The van der Waals surface area contributed by atoms with Crippen LogP contribution in [0, 0.1) is 0 Å². The number of ether oxygens (including phenoxy) is 1. The van der Waals surface area contributed by atoms with Crippen LogP contribution in [0.25, 0.3) is 0 Å². The molecule has 0 spiro atoms. The zero-order valence-corrected chi connectivity index (χ0v) is 15.5. The van der Waals surface area contributed by atoms with Crippen molar-refractivity contribution >= 4 is 21.6 Å². The highest BCUT2D eigenvalue weighted by Gasteiger charge is 2.23. The van der Waals surface area contributed by atoms with Crippen LogP contribution in [-0.4, -0.2) is 44.4 Å². The van der Waals surface area contributed by atoms with Gasteiger partial charge >= 0.3 is 0 Å². The van der Waals surface area contributed by atoms with Crippen molar-refractivity contribution in [2.24, 2.45) is 0 Å². The predicted molar refractivity (Wildman–Crippen MR) is 95.4 cm³/mol. The largest absolute Gasteiger partial charge is 0.368 e. The van der Waals surface area contributed by atoms with Gasteiger partial charge in [0.05, 0.1) is 11.5 Å². The molecule has 0 fully saturated rings. The third-order valence-corrected chi connectivity index (χ3v) is 5.63. The average Bonchev–Trinajstić information content (AvgIpc) is 2.54. The van der Waals surface area contributed by atoms with Crippen LogP contribution in [0.5, 0.6) is 0 Å². The van der Waals surface area contributed by atoms with Crippen LogP contribution in [0.2, 0.25) is 0 Å². The monoisotopic (exact) mass is 354 g/mol. The van der Waals surface area contributed by atoms with Gasteiger partial charge in [-0.1, -0.05) is 6.08 Å². The van der Waals surface area contributed by atoms with Gasteiger partial charge in [-0.05, 0) is 51.5 Å². The molecule has 1 rings (SSSR count). The van der Waals surface area contributed by atoms with Gasteiger partial charge in [-0.25, -0.2) is 8.42 Å². The van der Waals surface area contributed by atoms with Crippen LogP contribution < -0.4 is 5.32 Å². The van der Waals surface area contributed by atoms with Gasteiger partial charge in [0.1, 0.15) is 6.10 Å². The molecule has 0 heterocycles. The number of carbonyl (C=O) groups excluding carboxylic acids is 1. The van der Waals surface area contributed by atoms with Gasteiger partial charge in [0, 0.05) is 18.8 Å². The third-order valence-electron chi connectivity index (χ3n) is 3.59. The number of benzene rings is 1. The molecule has 0 aliphatic heterocycles. The summed E-state index contributed by atoms with van der Waals surface area (Å²) in [5.41, 5.74) is 0.519. The minimum atomic E-state index is -3.53. The zero-order valence-electron chi connectivity index (χ0n) is 14.7. The van der Waals surface area contributed by atoms with E-state index in [1.807, 2.05) is 0 Å². The normalized spacial score (nSPS) is 13.1. The number of nitrogens with zero attached hydrogens (tertiary/aromatic N) is 1. The first kappa shape index (κ1) is 20.3. The van der Waals surface area contributed by atoms with E-state index >= 15 is 0 Å². The van der Waals surface area contributed by atoms with Crippen molar-refractivity contribution in [2.75, 3.05) is 19.0 Å². The first-order valence-corrected chi connectivity index (χ1v) is 9.25. The molecule has 1 unspecified atom stereocenters. The lowest BCUT2D eigenvalue weighted by molar-refractivity contribution is -0.126. The Kier molecular flexibility index (Phi) is 7.59.